The zero-order valence-electron chi connectivity index (χ0n) is 16.5. The summed E-state index contributed by atoms with van der Waals surface area (Å²) < 4.78 is 5.34. The molecule has 148 valence electrons. The highest BCUT2D eigenvalue weighted by Crippen LogP contribution is 2.30. The zero-order valence-corrected chi connectivity index (χ0v) is 16.5. The van der Waals surface area contributed by atoms with E-state index in [0.29, 0.717) is 12.1 Å². The first-order valence-corrected chi connectivity index (χ1v) is 10.5. The van der Waals surface area contributed by atoms with Crippen molar-refractivity contribution in [3.63, 3.8) is 0 Å². The van der Waals surface area contributed by atoms with Crippen LogP contribution in [-0.2, 0) is 20.7 Å². The Morgan fingerprint density at radius 2 is 1.59 bits per heavy atom. The quantitative estimate of drug-likeness (QED) is 0.709. The van der Waals surface area contributed by atoms with Crippen molar-refractivity contribution in [3.05, 3.63) is 29.6 Å². The molecule has 0 aliphatic heterocycles. The lowest BCUT2D eigenvalue weighted by molar-refractivity contribution is -0.154. The molecule has 0 bridgehead atoms. The van der Waals surface area contributed by atoms with Gasteiger partial charge in [0.1, 0.15) is 0 Å². The van der Waals surface area contributed by atoms with Crippen LogP contribution in [0.4, 0.5) is 0 Å². The molecule has 0 atom stereocenters. The number of carbonyl (C=O) groups excluding carboxylic acids is 2. The van der Waals surface area contributed by atoms with Crippen LogP contribution in [0.15, 0.2) is 18.3 Å². The van der Waals surface area contributed by atoms with E-state index in [1.54, 1.807) is 6.20 Å². The second-order valence-electron chi connectivity index (χ2n) is 8.03. The van der Waals surface area contributed by atoms with Crippen molar-refractivity contribution in [1.29, 1.82) is 0 Å². The second-order valence-corrected chi connectivity index (χ2v) is 8.03. The van der Waals surface area contributed by atoms with Crippen LogP contribution in [0.25, 0.3) is 0 Å². The number of carbonyl (C=O) groups is 2. The Balaban J connectivity index is 1.56. The van der Waals surface area contributed by atoms with Crippen LogP contribution >= 0.6 is 0 Å². The van der Waals surface area contributed by atoms with Gasteiger partial charge >= 0.3 is 5.97 Å². The summed E-state index contributed by atoms with van der Waals surface area (Å²) in [5.41, 5.74) is 1.73. The Morgan fingerprint density at radius 3 is 2.11 bits per heavy atom. The largest absolute Gasteiger partial charge is 0.455 e. The summed E-state index contributed by atoms with van der Waals surface area (Å²) in [6.07, 6.45) is 13.5. The van der Waals surface area contributed by atoms with Crippen LogP contribution in [-0.4, -0.2) is 40.5 Å². The van der Waals surface area contributed by atoms with Gasteiger partial charge in [0.05, 0.1) is 6.42 Å². The number of aryl methyl sites for hydroxylation is 1. The predicted molar refractivity (Wildman–Crippen MR) is 104 cm³/mol. The minimum absolute atomic E-state index is 0.0100. The van der Waals surface area contributed by atoms with Gasteiger partial charge < -0.3 is 9.64 Å². The van der Waals surface area contributed by atoms with E-state index < -0.39 is 0 Å². The Kier molecular flexibility index (Phi) is 7.25. The lowest BCUT2D eigenvalue weighted by Gasteiger charge is -2.41. The van der Waals surface area contributed by atoms with Crippen molar-refractivity contribution in [1.82, 2.24) is 9.88 Å². The highest BCUT2D eigenvalue weighted by molar-refractivity contribution is 5.81. The Bertz CT molecular complexity index is 599. The molecule has 2 fully saturated rings. The molecule has 2 aliphatic carbocycles. The van der Waals surface area contributed by atoms with Gasteiger partial charge in [-0.25, -0.2) is 0 Å². The topological polar surface area (TPSA) is 59.5 Å². The molecular weight excluding hydrogens is 340 g/mol. The molecule has 2 aliphatic rings. The number of esters is 1. The second kappa shape index (κ2) is 9.86. The zero-order chi connectivity index (χ0) is 19.1. The van der Waals surface area contributed by atoms with E-state index in [4.69, 9.17) is 4.74 Å². The SMILES string of the molecule is Cc1ccc(CC(=O)OCC(=O)N(C2CCCCC2)C2CCCCC2)cn1. The van der Waals surface area contributed by atoms with E-state index >= 15 is 0 Å². The number of rotatable bonds is 6. The summed E-state index contributed by atoms with van der Waals surface area (Å²) in [7, 11) is 0. The number of hydrogen-bond acceptors (Lipinski definition) is 4. The maximum atomic E-state index is 13.0. The number of pyridine rings is 1. The Morgan fingerprint density at radius 1 is 1.00 bits per heavy atom. The normalized spacial score (nSPS) is 18.9. The van der Waals surface area contributed by atoms with Gasteiger partial charge in [0.15, 0.2) is 6.61 Å². The fraction of sp³-hybridized carbons (Fsp3) is 0.682. The Hall–Kier alpha value is -1.91. The fourth-order valence-electron chi connectivity index (χ4n) is 4.46. The van der Waals surface area contributed by atoms with Crippen molar-refractivity contribution < 1.29 is 14.3 Å². The minimum Gasteiger partial charge on any atom is -0.455 e. The van der Waals surface area contributed by atoms with Crippen molar-refractivity contribution in [2.75, 3.05) is 6.61 Å². The van der Waals surface area contributed by atoms with Gasteiger partial charge in [-0.3, -0.25) is 14.6 Å². The molecule has 2 saturated carbocycles. The molecule has 3 rings (SSSR count). The summed E-state index contributed by atoms with van der Waals surface area (Å²) >= 11 is 0. The number of hydrogen-bond donors (Lipinski definition) is 0. The summed E-state index contributed by atoms with van der Waals surface area (Å²) in [5, 5.41) is 0. The molecule has 0 N–H and O–H groups in total. The molecule has 1 amide bonds. The first kappa shape index (κ1) is 19.8. The summed E-state index contributed by atoms with van der Waals surface area (Å²) in [6.45, 7) is 1.77. The summed E-state index contributed by atoms with van der Waals surface area (Å²) in [4.78, 5) is 31.4. The molecule has 1 aromatic rings. The van der Waals surface area contributed by atoms with E-state index in [1.165, 1.54) is 38.5 Å². The van der Waals surface area contributed by atoms with Gasteiger partial charge in [-0.15, -0.1) is 0 Å². The summed E-state index contributed by atoms with van der Waals surface area (Å²) in [5.74, 6) is -0.370. The first-order chi connectivity index (χ1) is 13.1. The maximum absolute atomic E-state index is 13.0. The molecule has 0 aromatic carbocycles. The van der Waals surface area contributed by atoms with Crippen LogP contribution in [0.1, 0.15) is 75.5 Å². The van der Waals surface area contributed by atoms with E-state index in [0.717, 1.165) is 36.9 Å². The van der Waals surface area contributed by atoms with Crippen LogP contribution < -0.4 is 0 Å². The Labute approximate surface area is 162 Å². The van der Waals surface area contributed by atoms with E-state index in [9.17, 15) is 9.59 Å². The van der Waals surface area contributed by atoms with Crippen molar-refractivity contribution >= 4 is 11.9 Å². The van der Waals surface area contributed by atoms with Gasteiger partial charge in [0.25, 0.3) is 5.91 Å². The van der Waals surface area contributed by atoms with Crippen molar-refractivity contribution in [2.24, 2.45) is 0 Å². The highest BCUT2D eigenvalue weighted by Gasteiger charge is 2.32. The third-order valence-electron chi connectivity index (χ3n) is 5.90. The number of amides is 1. The lowest BCUT2D eigenvalue weighted by atomic mass is 9.88. The standard InChI is InChI=1S/C22H32N2O3/c1-17-12-13-18(15-23-17)14-22(26)27-16-21(25)24(19-8-4-2-5-9-19)20-10-6-3-7-11-20/h12-13,15,19-20H,2-11,14,16H2,1H3. The van der Waals surface area contributed by atoms with Gasteiger partial charge in [0, 0.05) is 24.0 Å². The van der Waals surface area contributed by atoms with Gasteiger partial charge in [-0.1, -0.05) is 44.6 Å². The molecule has 0 radical (unpaired) electrons. The van der Waals surface area contributed by atoms with E-state index in [2.05, 4.69) is 9.88 Å². The summed E-state index contributed by atoms with van der Waals surface area (Å²) in [6, 6.07) is 4.41. The first-order valence-electron chi connectivity index (χ1n) is 10.5. The average Bonchev–Trinajstić information content (AvgIpc) is 2.70. The highest BCUT2D eigenvalue weighted by atomic mass is 16.5. The molecule has 5 heteroatoms. The predicted octanol–water partition coefficient (Wildman–Crippen LogP) is 3.97. The van der Waals surface area contributed by atoms with Crippen molar-refractivity contribution in [2.45, 2.75) is 89.6 Å². The average molecular weight is 373 g/mol. The van der Waals surface area contributed by atoms with Crippen LogP contribution in [0, 0.1) is 6.92 Å². The van der Waals surface area contributed by atoms with Crippen LogP contribution in [0.2, 0.25) is 0 Å². The molecule has 0 unspecified atom stereocenters. The van der Waals surface area contributed by atoms with Crippen LogP contribution in [0.5, 0.6) is 0 Å². The van der Waals surface area contributed by atoms with Gasteiger partial charge in [0.2, 0.25) is 0 Å². The number of ether oxygens (including phenoxy) is 1. The third kappa shape index (κ3) is 5.78. The minimum atomic E-state index is -0.360. The molecule has 27 heavy (non-hydrogen) atoms. The maximum Gasteiger partial charge on any atom is 0.310 e. The van der Waals surface area contributed by atoms with Crippen LogP contribution in [0.3, 0.4) is 0 Å². The molecule has 1 heterocycles. The number of aromatic nitrogens is 1. The van der Waals surface area contributed by atoms with E-state index in [1.807, 2.05) is 19.1 Å². The van der Waals surface area contributed by atoms with Gasteiger partial charge in [-0.2, -0.15) is 0 Å². The molecule has 0 saturated heterocycles. The molecule has 5 nitrogen and oxygen atoms in total. The monoisotopic (exact) mass is 372 g/mol. The number of nitrogens with zero attached hydrogens (tertiary/aromatic N) is 2. The third-order valence-corrected chi connectivity index (χ3v) is 5.90. The van der Waals surface area contributed by atoms with Crippen molar-refractivity contribution in [3.8, 4) is 0 Å². The van der Waals surface area contributed by atoms with E-state index in [-0.39, 0.29) is 24.9 Å². The molecular formula is C22H32N2O3. The smallest absolute Gasteiger partial charge is 0.310 e. The fourth-order valence-corrected chi connectivity index (χ4v) is 4.46. The molecule has 0 spiro atoms. The van der Waals surface area contributed by atoms with Gasteiger partial charge in [-0.05, 0) is 44.2 Å². The molecule has 1 aromatic heterocycles. The lowest BCUT2D eigenvalue weighted by Crippen LogP contribution is -2.50.